The predicted octanol–water partition coefficient (Wildman–Crippen LogP) is 2.03. The Labute approximate surface area is 130 Å². The van der Waals surface area contributed by atoms with Gasteiger partial charge in [0, 0.05) is 11.4 Å². The third-order valence-corrected chi connectivity index (χ3v) is 6.17. The smallest absolute Gasteiger partial charge is 0.250 e. The molecule has 0 atom stereocenters. The maximum absolute atomic E-state index is 12.2. The zero-order chi connectivity index (χ0) is 15.1. The number of hydrogen-bond acceptors (Lipinski definition) is 4. The molecule has 0 spiro atoms. The zero-order valence-electron chi connectivity index (χ0n) is 12.0. The Morgan fingerprint density at radius 1 is 1.00 bits per heavy atom. The van der Waals surface area contributed by atoms with Gasteiger partial charge < -0.3 is 5.32 Å². The molecule has 0 aliphatic heterocycles. The predicted molar refractivity (Wildman–Crippen MR) is 87.3 cm³/mol. The van der Waals surface area contributed by atoms with E-state index in [1.54, 1.807) is 6.07 Å². The van der Waals surface area contributed by atoms with E-state index in [0.29, 0.717) is 17.2 Å². The van der Waals surface area contributed by atoms with Crippen LogP contribution in [-0.4, -0.2) is 28.6 Å². The first-order valence-electron chi connectivity index (χ1n) is 6.89. The average molecular weight is 324 g/mol. The second-order valence-electron chi connectivity index (χ2n) is 4.71. The summed E-state index contributed by atoms with van der Waals surface area (Å²) in [4.78, 5) is 1.08. The van der Waals surface area contributed by atoms with Gasteiger partial charge in [0.15, 0.2) is 0 Å². The van der Waals surface area contributed by atoms with Gasteiger partial charge in [-0.25, -0.2) is 13.1 Å². The van der Waals surface area contributed by atoms with Crippen molar-refractivity contribution in [3.05, 3.63) is 52.9 Å². The first-order valence-corrected chi connectivity index (χ1v) is 9.19. The van der Waals surface area contributed by atoms with E-state index in [-0.39, 0.29) is 0 Å². The summed E-state index contributed by atoms with van der Waals surface area (Å²) in [7, 11) is -1.50. The molecular weight excluding hydrogens is 304 g/mol. The van der Waals surface area contributed by atoms with E-state index < -0.39 is 10.0 Å². The molecule has 0 unspecified atom stereocenters. The van der Waals surface area contributed by atoms with Crippen LogP contribution in [0.25, 0.3) is 0 Å². The summed E-state index contributed by atoms with van der Waals surface area (Å²) in [6, 6.07) is 13.4. The molecule has 4 nitrogen and oxygen atoms in total. The van der Waals surface area contributed by atoms with Crippen LogP contribution in [0.5, 0.6) is 0 Å². The van der Waals surface area contributed by atoms with Crippen molar-refractivity contribution in [2.75, 3.05) is 20.1 Å². The van der Waals surface area contributed by atoms with Gasteiger partial charge in [-0.2, -0.15) is 0 Å². The first kappa shape index (κ1) is 16.2. The van der Waals surface area contributed by atoms with Crippen LogP contribution < -0.4 is 10.0 Å². The lowest BCUT2D eigenvalue weighted by molar-refractivity contribution is 0.584. The van der Waals surface area contributed by atoms with E-state index in [0.717, 1.165) is 23.4 Å². The van der Waals surface area contributed by atoms with Crippen LogP contribution in [0.2, 0.25) is 0 Å². The molecular formula is C15H20N2O2S2. The summed E-state index contributed by atoms with van der Waals surface area (Å²) in [6.45, 7) is 1.26. The van der Waals surface area contributed by atoms with Gasteiger partial charge in [0.05, 0.1) is 0 Å². The van der Waals surface area contributed by atoms with Gasteiger partial charge >= 0.3 is 0 Å². The lowest BCUT2D eigenvalue weighted by atomic mass is 10.2. The lowest BCUT2D eigenvalue weighted by Gasteiger charge is -2.04. The van der Waals surface area contributed by atoms with E-state index >= 15 is 0 Å². The molecule has 2 N–H and O–H groups in total. The van der Waals surface area contributed by atoms with E-state index in [4.69, 9.17) is 0 Å². The standard InChI is InChI=1S/C15H20N2O2S2/c1-16-11-10-14-7-8-15(20-14)21(18,19)17-12-9-13-5-3-2-4-6-13/h2-8,16-17H,9-12H2,1H3. The highest BCUT2D eigenvalue weighted by Crippen LogP contribution is 2.21. The minimum absolute atomic E-state index is 0.390. The van der Waals surface area contributed by atoms with Crippen molar-refractivity contribution in [2.24, 2.45) is 0 Å². The molecule has 0 bridgehead atoms. The highest BCUT2D eigenvalue weighted by atomic mass is 32.2. The molecule has 0 saturated heterocycles. The Balaban J connectivity index is 1.90. The van der Waals surface area contributed by atoms with Crippen molar-refractivity contribution >= 4 is 21.4 Å². The second kappa shape index (κ2) is 7.70. The molecule has 0 radical (unpaired) electrons. The van der Waals surface area contributed by atoms with Crippen LogP contribution in [0.4, 0.5) is 0 Å². The highest BCUT2D eigenvalue weighted by Gasteiger charge is 2.16. The Morgan fingerprint density at radius 2 is 1.76 bits per heavy atom. The number of rotatable bonds is 8. The van der Waals surface area contributed by atoms with Gasteiger partial charge in [0.2, 0.25) is 10.0 Å². The number of hydrogen-bond donors (Lipinski definition) is 2. The number of thiophene rings is 1. The van der Waals surface area contributed by atoms with Gasteiger partial charge in [-0.1, -0.05) is 30.3 Å². The van der Waals surface area contributed by atoms with E-state index in [2.05, 4.69) is 10.0 Å². The topological polar surface area (TPSA) is 58.2 Å². The minimum atomic E-state index is -3.39. The second-order valence-corrected chi connectivity index (χ2v) is 7.87. The quantitative estimate of drug-likeness (QED) is 0.781. The van der Waals surface area contributed by atoms with Crippen LogP contribution >= 0.6 is 11.3 Å². The van der Waals surface area contributed by atoms with Gasteiger partial charge in [0.1, 0.15) is 4.21 Å². The number of likely N-dealkylation sites (N-methyl/N-ethyl adjacent to an activating group) is 1. The fraction of sp³-hybridized carbons (Fsp3) is 0.333. The molecule has 1 heterocycles. The van der Waals surface area contributed by atoms with Crippen LogP contribution in [0.15, 0.2) is 46.7 Å². The molecule has 1 aromatic carbocycles. The number of nitrogens with one attached hydrogen (secondary N) is 2. The summed E-state index contributed by atoms with van der Waals surface area (Å²) in [5, 5.41) is 3.06. The van der Waals surface area contributed by atoms with Crippen molar-refractivity contribution < 1.29 is 8.42 Å². The van der Waals surface area contributed by atoms with Crippen molar-refractivity contribution in [3.8, 4) is 0 Å². The monoisotopic (exact) mass is 324 g/mol. The maximum atomic E-state index is 12.2. The summed E-state index contributed by atoms with van der Waals surface area (Å²) in [5.74, 6) is 0. The van der Waals surface area contributed by atoms with E-state index in [9.17, 15) is 8.42 Å². The van der Waals surface area contributed by atoms with Gasteiger partial charge in [-0.3, -0.25) is 0 Å². The van der Waals surface area contributed by atoms with Gasteiger partial charge in [-0.05, 0) is 44.1 Å². The van der Waals surface area contributed by atoms with Crippen molar-refractivity contribution in [1.82, 2.24) is 10.0 Å². The van der Waals surface area contributed by atoms with Crippen LogP contribution in [0, 0.1) is 0 Å². The molecule has 0 saturated carbocycles. The van der Waals surface area contributed by atoms with E-state index in [1.165, 1.54) is 11.3 Å². The van der Waals surface area contributed by atoms with Crippen molar-refractivity contribution in [2.45, 2.75) is 17.1 Å². The third-order valence-electron chi connectivity index (χ3n) is 3.07. The number of sulfonamides is 1. The maximum Gasteiger partial charge on any atom is 0.250 e. The summed E-state index contributed by atoms with van der Waals surface area (Å²) in [5.41, 5.74) is 1.13. The molecule has 114 valence electrons. The Kier molecular flexibility index (Phi) is 5.93. The summed E-state index contributed by atoms with van der Waals surface area (Å²) >= 11 is 1.34. The molecule has 0 aliphatic carbocycles. The lowest BCUT2D eigenvalue weighted by Crippen LogP contribution is -2.25. The van der Waals surface area contributed by atoms with E-state index in [1.807, 2.05) is 43.4 Å². The Bertz CT molecular complexity index is 651. The molecule has 6 heteroatoms. The minimum Gasteiger partial charge on any atom is -0.319 e. The zero-order valence-corrected chi connectivity index (χ0v) is 13.6. The molecule has 2 aromatic rings. The first-order chi connectivity index (χ1) is 10.1. The molecule has 21 heavy (non-hydrogen) atoms. The molecule has 1 aromatic heterocycles. The largest absolute Gasteiger partial charge is 0.319 e. The Hall–Kier alpha value is -1.21. The Morgan fingerprint density at radius 3 is 2.48 bits per heavy atom. The molecule has 2 rings (SSSR count). The third kappa shape index (κ3) is 4.93. The highest BCUT2D eigenvalue weighted by molar-refractivity contribution is 7.91. The normalized spacial score (nSPS) is 11.7. The number of benzene rings is 1. The summed E-state index contributed by atoms with van der Waals surface area (Å²) < 4.78 is 27.4. The fourth-order valence-electron chi connectivity index (χ4n) is 1.93. The average Bonchev–Trinajstić information content (AvgIpc) is 2.96. The summed E-state index contributed by atoms with van der Waals surface area (Å²) in [6.07, 6.45) is 1.54. The van der Waals surface area contributed by atoms with Crippen LogP contribution in [0.3, 0.4) is 0 Å². The fourth-order valence-corrected chi connectivity index (χ4v) is 4.36. The SMILES string of the molecule is CNCCc1ccc(S(=O)(=O)NCCc2ccccc2)s1. The van der Waals surface area contributed by atoms with Crippen LogP contribution in [0.1, 0.15) is 10.4 Å². The van der Waals surface area contributed by atoms with Crippen molar-refractivity contribution in [3.63, 3.8) is 0 Å². The molecule has 0 aliphatic rings. The molecule has 0 amide bonds. The molecule has 0 fully saturated rings. The van der Waals surface area contributed by atoms with Crippen molar-refractivity contribution in [1.29, 1.82) is 0 Å². The van der Waals surface area contributed by atoms with Crippen LogP contribution in [-0.2, 0) is 22.9 Å². The van der Waals surface area contributed by atoms with Gasteiger partial charge in [-0.15, -0.1) is 11.3 Å². The van der Waals surface area contributed by atoms with Gasteiger partial charge in [0.25, 0.3) is 0 Å².